The lowest BCUT2D eigenvalue weighted by molar-refractivity contribution is -0.118. The molecular weight excluding hydrogens is 406 g/mol. The van der Waals surface area contributed by atoms with Crippen molar-refractivity contribution in [3.8, 4) is 5.69 Å². The summed E-state index contributed by atoms with van der Waals surface area (Å²) in [4.78, 5) is 28.2. The van der Waals surface area contributed by atoms with E-state index >= 15 is 0 Å². The zero-order chi connectivity index (χ0) is 20.8. The number of thioether (sulfide) groups is 1. The largest absolute Gasteiger partial charge is 0.356 e. The minimum atomic E-state index is -0.291. The Kier molecular flexibility index (Phi) is 7.12. The number of aromatic nitrogens is 2. The van der Waals surface area contributed by atoms with Gasteiger partial charge in [-0.2, -0.15) is 0 Å². The van der Waals surface area contributed by atoms with Crippen LogP contribution in [0.3, 0.4) is 0 Å². The maximum Gasteiger partial charge on any atom is 0.216 e. The Labute approximate surface area is 179 Å². The van der Waals surface area contributed by atoms with Crippen LogP contribution in [-0.4, -0.2) is 33.0 Å². The van der Waals surface area contributed by atoms with Gasteiger partial charge < -0.3 is 5.32 Å². The Morgan fingerprint density at radius 1 is 1.21 bits per heavy atom. The summed E-state index contributed by atoms with van der Waals surface area (Å²) in [6.07, 6.45) is 4.30. The van der Waals surface area contributed by atoms with Crippen LogP contribution in [0.25, 0.3) is 5.69 Å². The van der Waals surface area contributed by atoms with Gasteiger partial charge in [-0.15, -0.1) is 0 Å². The second-order valence-corrected chi connectivity index (χ2v) is 8.36. The third-order valence-corrected chi connectivity index (χ3v) is 5.69. The molecular formula is C22H22ClN3O2S. The molecule has 5 nitrogen and oxygen atoms in total. The zero-order valence-electron chi connectivity index (χ0n) is 16.3. The third-order valence-electron chi connectivity index (χ3n) is 4.37. The van der Waals surface area contributed by atoms with Crippen LogP contribution < -0.4 is 5.32 Å². The number of Topliss-reactive ketones (excluding diaryl/α,β-unsaturated/α-hetero) is 1. The number of halogens is 1. The van der Waals surface area contributed by atoms with Crippen molar-refractivity contribution < 1.29 is 9.59 Å². The molecule has 3 rings (SSSR count). The first-order valence-electron chi connectivity index (χ1n) is 9.27. The Balaban J connectivity index is 1.66. The second kappa shape index (κ2) is 9.76. The monoisotopic (exact) mass is 427 g/mol. The number of rotatable bonds is 8. The fourth-order valence-corrected chi connectivity index (χ4v) is 4.01. The topological polar surface area (TPSA) is 64.0 Å². The fourth-order valence-electron chi connectivity index (χ4n) is 2.86. The maximum atomic E-state index is 12.9. The van der Waals surface area contributed by atoms with E-state index < -0.39 is 0 Å². The van der Waals surface area contributed by atoms with Gasteiger partial charge in [0.25, 0.3) is 0 Å². The lowest BCUT2D eigenvalue weighted by Crippen LogP contribution is -2.22. The van der Waals surface area contributed by atoms with Gasteiger partial charge in [0.2, 0.25) is 5.91 Å². The SMILES string of the molecule is CC(=O)NCCc1ccc(C(=O)[C@@H](C)Sc2nccn2-c2cccc(Cl)c2)cc1. The molecule has 0 saturated heterocycles. The van der Waals surface area contributed by atoms with Crippen molar-refractivity contribution >= 4 is 35.1 Å². The number of amides is 1. The Hall–Kier alpha value is -2.57. The summed E-state index contributed by atoms with van der Waals surface area (Å²) < 4.78 is 1.92. The highest BCUT2D eigenvalue weighted by atomic mass is 35.5. The van der Waals surface area contributed by atoms with Crippen LogP contribution >= 0.6 is 23.4 Å². The molecule has 0 unspecified atom stereocenters. The molecule has 2 aromatic carbocycles. The van der Waals surface area contributed by atoms with Crippen molar-refractivity contribution in [2.75, 3.05) is 6.54 Å². The molecule has 0 aliphatic carbocycles. The van der Waals surface area contributed by atoms with Crippen LogP contribution in [0.2, 0.25) is 5.02 Å². The van der Waals surface area contributed by atoms with Gasteiger partial charge in [-0.25, -0.2) is 4.98 Å². The third kappa shape index (κ3) is 5.71. The number of nitrogens with one attached hydrogen (secondary N) is 1. The molecule has 0 saturated carbocycles. The number of ketones is 1. The molecule has 1 N–H and O–H groups in total. The van der Waals surface area contributed by atoms with Gasteiger partial charge in [-0.05, 0) is 37.1 Å². The van der Waals surface area contributed by atoms with Crippen molar-refractivity contribution in [2.24, 2.45) is 0 Å². The number of carbonyl (C=O) groups is 2. The highest BCUT2D eigenvalue weighted by molar-refractivity contribution is 8.00. The van der Waals surface area contributed by atoms with Crippen molar-refractivity contribution in [3.63, 3.8) is 0 Å². The molecule has 3 aromatic rings. The van der Waals surface area contributed by atoms with E-state index in [1.54, 1.807) is 6.20 Å². The second-order valence-electron chi connectivity index (χ2n) is 6.61. The van der Waals surface area contributed by atoms with Gasteiger partial charge in [0.15, 0.2) is 10.9 Å². The van der Waals surface area contributed by atoms with Gasteiger partial charge in [0.05, 0.1) is 5.25 Å². The first kappa shape index (κ1) is 21.1. The normalized spacial score (nSPS) is 11.8. The van der Waals surface area contributed by atoms with Crippen LogP contribution in [0.15, 0.2) is 66.1 Å². The molecule has 0 fully saturated rings. The van der Waals surface area contributed by atoms with Gasteiger partial charge in [-0.1, -0.05) is 53.7 Å². The Bertz CT molecular complexity index is 1000. The van der Waals surface area contributed by atoms with Gasteiger partial charge in [0, 0.05) is 42.1 Å². The first-order chi connectivity index (χ1) is 13.9. The van der Waals surface area contributed by atoms with Gasteiger partial charge >= 0.3 is 0 Å². The summed E-state index contributed by atoms with van der Waals surface area (Å²) in [5.74, 6) is 0.00263. The molecule has 0 aliphatic rings. The molecule has 1 aromatic heterocycles. The predicted octanol–water partition coefficient (Wildman–Crippen LogP) is 4.57. The molecule has 7 heteroatoms. The first-order valence-corrected chi connectivity index (χ1v) is 10.5. The standard InChI is InChI=1S/C22H22ClN3O2S/c1-15(21(28)18-8-6-17(7-9-18)10-11-24-16(2)27)29-22-25-12-13-26(22)20-5-3-4-19(23)14-20/h3-9,12-15H,10-11H2,1-2H3,(H,24,27)/t15-/m1/s1. The van der Waals surface area contributed by atoms with E-state index in [-0.39, 0.29) is 16.9 Å². The van der Waals surface area contributed by atoms with E-state index in [1.165, 1.54) is 18.7 Å². The number of carbonyl (C=O) groups excluding carboxylic acids is 2. The number of imidazole rings is 1. The quantitative estimate of drug-likeness (QED) is 0.422. The molecule has 29 heavy (non-hydrogen) atoms. The lowest BCUT2D eigenvalue weighted by atomic mass is 10.0. The van der Waals surface area contributed by atoms with Crippen LogP contribution in [0, 0.1) is 0 Å². The number of hydrogen-bond acceptors (Lipinski definition) is 4. The molecule has 0 aliphatic heterocycles. The highest BCUT2D eigenvalue weighted by Gasteiger charge is 2.19. The van der Waals surface area contributed by atoms with Crippen molar-refractivity contribution in [3.05, 3.63) is 77.1 Å². The fraction of sp³-hybridized carbons (Fsp3) is 0.227. The van der Waals surface area contributed by atoms with E-state index in [1.807, 2.05) is 66.2 Å². The summed E-state index contributed by atoms with van der Waals surface area (Å²) in [6, 6.07) is 15.1. The maximum absolute atomic E-state index is 12.9. The minimum Gasteiger partial charge on any atom is -0.356 e. The molecule has 0 radical (unpaired) electrons. The average Bonchev–Trinajstić information content (AvgIpc) is 3.16. The Morgan fingerprint density at radius 3 is 2.66 bits per heavy atom. The number of nitrogens with zero attached hydrogens (tertiary/aromatic N) is 2. The molecule has 150 valence electrons. The van der Waals surface area contributed by atoms with Crippen LogP contribution in [-0.2, 0) is 11.2 Å². The average molecular weight is 428 g/mol. The van der Waals surface area contributed by atoms with Crippen LogP contribution in [0.4, 0.5) is 0 Å². The summed E-state index contributed by atoms with van der Waals surface area (Å²) >= 11 is 7.51. The molecule has 1 atom stereocenters. The van der Waals surface area contributed by atoms with E-state index in [0.29, 0.717) is 17.1 Å². The molecule has 0 spiro atoms. The number of benzene rings is 2. The van der Waals surface area contributed by atoms with E-state index in [0.717, 1.165) is 22.8 Å². The minimum absolute atomic E-state index is 0.0428. The smallest absolute Gasteiger partial charge is 0.216 e. The Morgan fingerprint density at radius 2 is 1.97 bits per heavy atom. The van der Waals surface area contributed by atoms with Crippen LogP contribution in [0.1, 0.15) is 29.8 Å². The number of hydrogen-bond donors (Lipinski definition) is 1. The van der Waals surface area contributed by atoms with E-state index in [9.17, 15) is 9.59 Å². The van der Waals surface area contributed by atoms with Gasteiger partial charge in [0.1, 0.15) is 0 Å². The highest BCUT2D eigenvalue weighted by Crippen LogP contribution is 2.27. The zero-order valence-corrected chi connectivity index (χ0v) is 17.8. The molecule has 1 amide bonds. The summed E-state index contributed by atoms with van der Waals surface area (Å²) in [7, 11) is 0. The summed E-state index contributed by atoms with van der Waals surface area (Å²) in [5, 5.41) is 3.86. The predicted molar refractivity (Wildman–Crippen MR) is 117 cm³/mol. The van der Waals surface area contributed by atoms with Crippen molar-refractivity contribution in [1.82, 2.24) is 14.9 Å². The summed E-state index contributed by atoms with van der Waals surface area (Å²) in [6.45, 7) is 3.97. The summed E-state index contributed by atoms with van der Waals surface area (Å²) in [5.41, 5.74) is 2.64. The molecule has 1 heterocycles. The molecule has 0 bridgehead atoms. The van der Waals surface area contributed by atoms with Crippen molar-refractivity contribution in [2.45, 2.75) is 30.7 Å². The van der Waals surface area contributed by atoms with Crippen LogP contribution in [0.5, 0.6) is 0 Å². The van der Waals surface area contributed by atoms with E-state index in [4.69, 9.17) is 11.6 Å². The lowest BCUT2D eigenvalue weighted by Gasteiger charge is -2.13. The van der Waals surface area contributed by atoms with Gasteiger partial charge in [-0.3, -0.25) is 14.2 Å². The van der Waals surface area contributed by atoms with Crippen molar-refractivity contribution in [1.29, 1.82) is 0 Å². The van der Waals surface area contributed by atoms with E-state index in [2.05, 4.69) is 10.3 Å².